The molecule has 0 aromatic heterocycles. The van der Waals surface area contributed by atoms with Gasteiger partial charge in [-0.05, 0) is 35.2 Å². The fourth-order valence-corrected chi connectivity index (χ4v) is 2.39. The summed E-state index contributed by atoms with van der Waals surface area (Å²) in [5, 5.41) is 20.2. The number of allylic oxidation sites excluding steroid dienone is 1. The average Bonchev–Trinajstić information content (AvgIpc) is 2.53. The molecule has 0 spiro atoms. The quantitative estimate of drug-likeness (QED) is 0.729. The van der Waals surface area contributed by atoms with Crippen molar-refractivity contribution in [1.82, 2.24) is 0 Å². The van der Waals surface area contributed by atoms with E-state index in [0.29, 0.717) is 0 Å². The number of nitrogens with two attached hydrogens (primary N) is 1. The van der Waals surface area contributed by atoms with E-state index in [1.807, 2.05) is 48.5 Å². The maximum Gasteiger partial charge on any atom is 0.320 e. The van der Waals surface area contributed by atoms with Crippen molar-refractivity contribution >= 4 is 28.8 Å². The van der Waals surface area contributed by atoms with Crippen molar-refractivity contribution in [2.24, 2.45) is 11.7 Å². The van der Waals surface area contributed by atoms with Gasteiger partial charge in [-0.25, -0.2) is 0 Å². The van der Waals surface area contributed by atoms with Crippen LogP contribution in [0.15, 0.2) is 48.5 Å². The third-order valence-corrected chi connectivity index (χ3v) is 3.71. The molecule has 2 aromatic rings. The van der Waals surface area contributed by atoms with E-state index < -0.39 is 23.9 Å². The van der Waals surface area contributed by atoms with Gasteiger partial charge in [0, 0.05) is 0 Å². The normalized spacial score (nSPS) is 14.0. The van der Waals surface area contributed by atoms with Gasteiger partial charge in [0.15, 0.2) is 0 Å². The minimum Gasteiger partial charge on any atom is -0.481 e. The fourth-order valence-electron chi connectivity index (χ4n) is 2.39. The van der Waals surface area contributed by atoms with E-state index in [2.05, 4.69) is 0 Å². The molecule has 0 bridgehead atoms. The summed E-state index contributed by atoms with van der Waals surface area (Å²) in [6, 6.07) is 12.8. The average molecular weight is 313 g/mol. The topological polar surface area (TPSA) is 101 Å². The van der Waals surface area contributed by atoms with Crippen LogP contribution in [-0.4, -0.2) is 28.2 Å². The van der Waals surface area contributed by atoms with Crippen molar-refractivity contribution in [2.45, 2.75) is 18.9 Å². The van der Waals surface area contributed by atoms with Crippen LogP contribution in [0.2, 0.25) is 0 Å². The molecule has 0 aliphatic rings. The van der Waals surface area contributed by atoms with E-state index in [4.69, 9.17) is 15.9 Å². The van der Waals surface area contributed by atoms with Crippen LogP contribution in [-0.2, 0) is 9.59 Å². The molecule has 0 amide bonds. The maximum atomic E-state index is 11.2. The molecule has 0 saturated heterocycles. The fraction of sp³-hybridized carbons (Fsp3) is 0.222. The van der Waals surface area contributed by atoms with Gasteiger partial charge in [0.05, 0.1) is 5.92 Å². The first-order chi connectivity index (χ1) is 11.0. The van der Waals surface area contributed by atoms with E-state index in [-0.39, 0.29) is 12.8 Å². The van der Waals surface area contributed by atoms with Gasteiger partial charge in [0.1, 0.15) is 6.04 Å². The second-order valence-electron chi connectivity index (χ2n) is 5.46. The molecule has 0 aliphatic carbocycles. The number of carbonyl (C=O) groups is 2. The Morgan fingerprint density at radius 2 is 1.74 bits per heavy atom. The number of aliphatic carboxylic acids is 2. The highest BCUT2D eigenvalue weighted by Gasteiger charge is 2.23. The smallest absolute Gasteiger partial charge is 0.320 e. The van der Waals surface area contributed by atoms with Crippen molar-refractivity contribution < 1.29 is 19.8 Å². The zero-order valence-corrected chi connectivity index (χ0v) is 12.6. The van der Waals surface area contributed by atoms with Crippen molar-refractivity contribution in [3.63, 3.8) is 0 Å². The first kappa shape index (κ1) is 16.7. The molecule has 0 heterocycles. The lowest BCUT2D eigenvalue weighted by Gasteiger charge is -2.12. The molecular formula is C18H19NO4. The van der Waals surface area contributed by atoms with Crippen LogP contribution in [0.5, 0.6) is 0 Å². The molecule has 0 aliphatic heterocycles. The SMILES string of the molecule is NC(CC(C/C=C/c1ccc2ccccc2c1)C(=O)O)C(=O)O. The Morgan fingerprint density at radius 1 is 1.04 bits per heavy atom. The standard InChI is InChI=1S/C18H19NO4/c19-16(18(22)23)11-15(17(20)21)7-3-4-12-8-9-13-5-1-2-6-14(13)10-12/h1-6,8-10,15-16H,7,11,19H2,(H,20,21)(H,22,23)/b4-3+. The van der Waals surface area contributed by atoms with E-state index in [1.165, 1.54) is 0 Å². The van der Waals surface area contributed by atoms with Crippen molar-refractivity contribution in [2.75, 3.05) is 0 Å². The van der Waals surface area contributed by atoms with Gasteiger partial charge in [-0.2, -0.15) is 0 Å². The molecule has 2 aromatic carbocycles. The molecule has 0 radical (unpaired) electrons. The highest BCUT2D eigenvalue weighted by atomic mass is 16.4. The lowest BCUT2D eigenvalue weighted by atomic mass is 9.96. The van der Waals surface area contributed by atoms with E-state index >= 15 is 0 Å². The van der Waals surface area contributed by atoms with E-state index in [9.17, 15) is 9.59 Å². The third kappa shape index (κ3) is 4.66. The molecule has 4 N–H and O–H groups in total. The monoisotopic (exact) mass is 313 g/mol. The lowest BCUT2D eigenvalue weighted by molar-refractivity contribution is -0.143. The summed E-state index contributed by atoms with van der Waals surface area (Å²) in [6.45, 7) is 0. The molecular weight excluding hydrogens is 294 g/mol. The Morgan fingerprint density at radius 3 is 2.39 bits per heavy atom. The Hall–Kier alpha value is -2.66. The van der Waals surface area contributed by atoms with Crippen LogP contribution in [0, 0.1) is 5.92 Å². The van der Waals surface area contributed by atoms with Crippen molar-refractivity contribution in [1.29, 1.82) is 0 Å². The maximum absolute atomic E-state index is 11.2. The summed E-state index contributed by atoms with van der Waals surface area (Å²) in [5.74, 6) is -3.03. The molecule has 120 valence electrons. The first-order valence-electron chi connectivity index (χ1n) is 7.34. The Kier molecular flexibility index (Phi) is 5.49. The number of benzene rings is 2. The molecule has 2 rings (SSSR count). The van der Waals surface area contributed by atoms with Crippen molar-refractivity contribution in [3.8, 4) is 0 Å². The zero-order chi connectivity index (χ0) is 16.8. The van der Waals surface area contributed by atoms with Crippen molar-refractivity contribution in [3.05, 3.63) is 54.1 Å². The predicted octanol–water partition coefficient (Wildman–Crippen LogP) is 2.75. The Labute approximate surface area is 134 Å². The van der Waals surface area contributed by atoms with E-state index in [0.717, 1.165) is 16.3 Å². The molecule has 23 heavy (non-hydrogen) atoms. The Balaban J connectivity index is 2.04. The number of hydrogen-bond donors (Lipinski definition) is 3. The molecule has 2 atom stereocenters. The van der Waals surface area contributed by atoms with Gasteiger partial charge < -0.3 is 15.9 Å². The van der Waals surface area contributed by atoms with Gasteiger partial charge in [0.25, 0.3) is 0 Å². The minimum absolute atomic E-state index is 0.0905. The summed E-state index contributed by atoms with van der Waals surface area (Å²) >= 11 is 0. The summed E-state index contributed by atoms with van der Waals surface area (Å²) in [7, 11) is 0. The highest BCUT2D eigenvalue weighted by molar-refractivity contribution is 5.84. The van der Waals surface area contributed by atoms with Crippen LogP contribution < -0.4 is 5.73 Å². The zero-order valence-electron chi connectivity index (χ0n) is 12.6. The second kappa shape index (κ2) is 7.56. The van der Waals surface area contributed by atoms with Crippen LogP contribution in [0.4, 0.5) is 0 Å². The van der Waals surface area contributed by atoms with Gasteiger partial charge in [0.2, 0.25) is 0 Å². The number of fused-ring (bicyclic) bond motifs is 1. The molecule has 5 nitrogen and oxygen atoms in total. The number of carboxylic acid groups (broad SMARTS) is 2. The lowest BCUT2D eigenvalue weighted by Crippen LogP contribution is -2.34. The van der Waals surface area contributed by atoms with Gasteiger partial charge >= 0.3 is 11.9 Å². The second-order valence-corrected chi connectivity index (χ2v) is 5.46. The van der Waals surface area contributed by atoms with Crippen LogP contribution in [0.1, 0.15) is 18.4 Å². The summed E-state index contributed by atoms with van der Waals surface area (Å²) in [4.78, 5) is 21.9. The first-order valence-corrected chi connectivity index (χ1v) is 7.34. The molecule has 0 saturated carbocycles. The number of carboxylic acids is 2. The van der Waals surface area contributed by atoms with Crippen LogP contribution in [0.3, 0.4) is 0 Å². The van der Waals surface area contributed by atoms with Crippen LogP contribution in [0.25, 0.3) is 16.8 Å². The number of hydrogen-bond acceptors (Lipinski definition) is 3. The summed E-state index contributed by atoms with van der Waals surface area (Å²) in [6.07, 6.45) is 3.74. The molecule has 2 unspecified atom stereocenters. The van der Waals surface area contributed by atoms with Gasteiger partial charge in [-0.3, -0.25) is 9.59 Å². The molecule has 5 heteroatoms. The third-order valence-electron chi connectivity index (χ3n) is 3.71. The van der Waals surface area contributed by atoms with Gasteiger partial charge in [-0.1, -0.05) is 48.6 Å². The number of rotatable bonds is 7. The summed E-state index contributed by atoms with van der Waals surface area (Å²) in [5.41, 5.74) is 6.38. The van der Waals surface area contributed by atoms with Gasteiger partial charge in [-0.15, -0.1) is 0 Å². The largest absolute Gasteiger partial charge is 0.481 e. The van der Waals surface area contributed by atoms with Crippen LogP contribution >= 0.6 is 0 Å². The van der Waals surface area contributed by atoms with E-state index in [1.54, 1.807) is 6.08 Å². The Bertz CT molecular complexity index is 739. The highest BCUT2D eigenvalue weighted by Crippen LogP contribution is 2.18. The summed E-state index contributed by atoms with van der Waals surface area (Å²) < 4.78 is 0. The molecule has 0 fully saturated rings. The predicted molar refractivity (Wildman–Crippen MR) is 89.0 cm³/mol. The minimum atomic E-state index is -1.19.